The molecule has 1 aliphatic rings. The predicted octanol–water partition coefficient (Wildman–Crippen LogP) is 1.42. The molecule has 1 aromatic heterocycles. The Bertz CT molecular complexity index is 417. The Kier molecular flexibility index (Phi) is 3.79. The van der Waals surface area contributed by atoms with Gasteiger partial charge in [0.25, 0.3) is 0 Å². The average Bonchev–Trinajstić information content (AvgIpc) is 2.55. The quantitative estimate of drug-likeness (QED) is 0.838. The Morgan fingerprint density at radius 2 is 1.89 bits per heavy atom. The first-order valence-corrected chi connectivity index (χ1v) is 6.54. The molecule has 100 valence electrons. The van der Waals surface area contributed by atoms with Crippen molar-refractivity contribution in [2.24, 2.45) is 0 Å². The number of hydrogen-bond acceptors (Lipinski definition) is 6. The maximum atomic E-state index is 12.6. The van der Waals surface area contributed by atoms with Crippen LogP contribution in [0.1, 0.15) is 12.2 Å². The lowest BCUT2D eigenvalue weighted by molar-refractivity contribution is -0.144. The molecule has 0 bridgehead atoms. The number of hydrogen-bond donors (Lipinski definition) is 1. The fraction of sp³-hybridized carbons (Fsp3) is 0.667. The van der Waals surface area contributed by atoms with E-state index in [0.29, 0.717) is 13.1 Å². The second kappa shape index (κ2) is 5.17. The summed E-state index contributed by atoms with van der Waals surface area (Å²) in [5.74, 6) is 0.208. The highest BCUT2D eigenvalue weighted by Crippen LogP contribution is 2.27. The second-order valence-corrected chi connectivity index (χ2v) is 4.99. The van der Waals surface area contributed by atoms with Gasteiger partial charge in [0.2, 0.25) is 17.7 Å². The van der Waals surface area contributed by atoms with Crippen molar-refractivity contribution in [1.82, 2.24) is 15.0 Å². The molecule has 0 amide bonds. The molecule has 0 aliphatic carbocycles. The highest BCUT2D eigenvalue weighted by Gasteiger charge is 2.36. The van der Waals surface area contributed by atoms with Gasteiger partial charge in [-0.1, -0.05) is 0 Å². The molecule has 0 aromatic carbocycles. The monoisotopic (exact) mass is 279 g/mol. The van der Waals surface area contributed by atoms with E-state index in [4.69, 9.17) is 5.73 Å². The number of alkyl halides is 3. The number of nitrogen functional groups attached to an aromatic ring is 1. The maximum Gasteiger partial charge on any atom is 0.451 e. The molecule has 9 heteroatoms. The number of thioether (sulfide) groups is 1. The SMILES string of the molecule is Nc1nc(N2CCCSCC2)nc(C(F)(F)F)n1. The van der Waals surface area contributed by atoms with Gasteiger partial charge in [0.05, 0.1) is 0 Å². The van der Waals surface area contributed by atoms with Crippen molar-refractivity contribution in [2.45, 2.75) is 12.6 Å². The van der Waals surface area contributed by atoms with E-state index in [0.717, 1.165) is 17.9 Å². The van der Waals surface area contributed by atoms with Gasteiger partial charge in [-0.2, -0.15) is 39.9 Å². The zero-order chi connectivity index (χ0) is 13.2. The summed E-state index contributed by atoms with van der Waals surface area (Å²) in [4.78, 5) is 12.1. The summed E-state index contributed by atoms with van der Waals surface area (Å²) in [5, 5.41) is 0. The zero-order valence-corrected chi connectivity index (χ0v) is 10.3. The van der Waals surface area contributed by atoms with E-state index in [2.05, 4.69) is 15.0 Å². The fourth-order valence-electron chi connectivity index (χ4n) is 1.59. The molecule has 0 unspecified atom stereocenters. The summed E-state index contributed by atoms with van der Waals surface area (Å²) >= 11 is 1.76. The van der Waals surface area contributed by atoms with Crippen LogP contribution in [0.25, 0.3) is 0 Å². The molecule has 0 atom stereocenters. The van der Waals surface area contributed by atoms with Crippen LogP contribution in [-0.2, 0) is 6.18 Å². The molecule has 2 rings (SSSR count). The minimum atomic E-state index is -4.60. The Balaban J connectivity index is 2.29. The first-order chi connectivity index (χ1) is 8.47. The van der Waals surface area contributed by atoms with Gasteiger partial charge in [-0.05, 0) is 12.2 Å². The van der Waals surface area contributed by atoms with Crippen molar-refractivity contribution >= 4 is 23.7 Å². The van der Waals surface area contributed by atoms with Gasteiger partial charge in [0.1, 0.15) is 0 Å². The number of halogens is 3. The molecule has 18 heavy (non-hydrogen) atoms. The van der Waals surface area contributed by atoms with E-state index in [9.17, 15) is 13.2 Å². The second-order valence-electron chi connectivity index (χ2n) is 3.77. The minimum Gasteiger partial charge on any atom is -0.368 e. The third-order valence-electron chi connectivity index (χ3n) is 2.40. The van der Waals surface area contributed by atoms with Crippen LogP contribution in [0.2, 0.25) is 0 Å². The summed E-state index contributed by atoms with van der Waals surface area (Å²) in [6.45, 7) is 1.25. The number of aromatic nitrogens is 3. The van der Waals surface area contributed by atoms with Gasteiger partial charge in [-0.3, -0.25) is 0 Å². The van der Waals surface area contributed by atoms with E-state index in [1.165, 1.54) is 0 Å². The van der Waals surface area contributed by atoms with Crippen LogP contribution in [0, 0.1) is 0 Å². The fourth-order valence-corrected chi connectivity index (χ4v) is 2.48. The molecule has 1 fully saturated rings. The Hall–Kier alpha value is -1.25. The van der Waals surface area contributed by atoms with E-state index >= 15 is 0 Å². The molecule has 0 radical (unpaired) electrons. The molecule has 1 aliphatic heterocycles. The van der Waals surface area contributed by atoms with Crippen LogP contribution < -0.4 is 10.6 Å². The van der Waals surface area contributed by atoms with Crippen LogP contribution in [0.5, 0.6) is 0 Å². The molecule has 1 aromatic rings. The molecular weight excluding hydrogens is 267 g/mol. The van der Waals surface area contributed by atoms with Crippen LogP contribution in [0.4, 0.5) is 25.1 Å². The van der Waals surface area contributed by atoms with E-state index in [1.54, 1.807) is 16.7 Å². The van der Waals surface area contributed by atoms with Gasteiger partial charge in [0, 0.05) is 18.8 Å². The number of nitrogens with two attached hydrogens (primary N) is 1. The average molecular weight is 279 g/mol. The summed E-state index contributed by atoms with van der Waals surface area (Å²) in [6, 6.07) is 0. The third kappa shape index (κ3) is 3.15. The minimum absolute atomic E-state index is 0.0114. The van der Waals surface area contributed by atoms with Gasteiger partial charge in [-0.25, -0.2) is 0 Å². The molecular formula is C9H12F3N5S. The number of rotatable bonds is 1. The standard InChI is InChI=1S/C9H12F3N5S/c10-9(11,12)6-14-7(13)16-8(15-6)17-2-1-4-18-5-3-17/h1-5H2,(H2,13,14,15,16). The van der Waals surface area contributed by atoms with Crippen LogP contribution >= 0.6 is 11.8 Å². The lowest BCUT2D eigenvalue weighted by Gasteiger charge is -2.20. The van der Waals surface area contributed by atoms with Crippen molar-refractivity contribution in [3.05, 3.63) is 5.82 Å². The van der Waals surface area contributed by atoms with E-state index in [-0.39, 0.29) is 5.95 Å². The Morgan fingerprint density at radius 3 is 2.61 bits per heavy atom. The number of nitrogens with zero attached hydrogens (tertiary/aromatic N) is 4. The normalized spacial score (nSPS) is 17.6. The Morgan fingerprint density at radius 1 is 1.11 bits per heavy atom. The molecule has 2 N–H and O–H groups in total. The summed E-state index contributed by atoms with van der Waals surface area (Å²) in [6.07, 6.45) is -3.72. The van der Waals surface area contributed by atoms with E-state index in [1.807, 2.05) is 0 Å². The predicted molar refractivity (Wildman–Crippen MR) is 63.4 cm³/mol. The molecule has 1 saturated heterocycles. The van der Waals surface area contributed by atoms with Crippen molar-refractivity contribution in [2.75, 3.05) is 35.2 Å². The van der Waals surface area contributed by atoms with Crippen LogP contribution in [0.15, 0.2) is 0 Å². The van der Waals surface area contributed by atoms with Gasteiger partial charge in [-0.15, -0.1) is 0 Å². The first-order valence-electron chi connectivity index (χ1n) is 5.38. The topological polar surface area (TPSA) is 67.9 Å². The Labute approximate surface area is 106 Å². The third-order valence-corrected chi connectivity index (χ3v) is 3.45. The number of anilines is 2. The van der Waals surface area contributed by atoms with Crippen LogP contribution in [-0.4, -0.2) is 39.5 Å². The lowest BCUT2D eigenvalue weighted by Crippen LogP contribution is -2.29. The van der Waals surface area contributed by atoms with Gasteiger partial charge in [0.15, 0.2) is 0 Å². The highest BCUT2D eigenvalue weighted by atomic mass is 32.2. The maximum absolute atomic E-state index is 12.6. The summed E-state index contributed by atoms with van der Waals surface area (Å²) in [7, 11) is 0. The lowest BCUT2D eigenvalue weighted by atomic mass is 10.4. The molecule has 0 saturated carbocycles. The van der Waals surface area contributed by atoms with Gasteiger partial charge < -0.3 is 10.6 Å². The summed E-state index contributed by atoms with van der Waals surface area (Å²) in [5.41, 5.74) is 5.31. The van der Waals surface area contributed by atoms with Crippen molar-refractivity contribution in [3.8, 4) is 0 Å². The molecule has 0 spiro atoms. The molecule has 5 nitrogen and oxygen atoms in total. The van der Waals surface area contributed by atoms with E-state index < -0.39 is 17.9 Å². The highest BCUT2D eigenvalue weighted by molar-refractivity contribution is 7.99. The zero-order valence-electron chi connectivity index (χ0n) is 9.44. The van der Waals surface area contributed by atoms with Crippen molar-refractivity contribution in [3.63, 3.8) is 0 Å². The smallest absolute Gasteiger partial charge is 0.368 e. The van der Waals surface area contributed by atoms with Crippen molar-refractivity contribution in [1.29, 1.82) is 0 Å². The van der Waals surface area contributed by atoms with Crippen molar-refractivity contribution < 1.29 is 13.2 Å². The largest absolute Gasteiger partial charge is 0.451 e. The first kappa shape index (κ1) is 13.2. The summed E-state index contributed by atoms with van der Waals surface area (Å²) < 4.78 is 37.7. The van der Waals surface area contributed by atoms with Gasteiger partial charge >= 0.3 is 6.18 Å². The molecule has 2 heterocycles. The van der Waals surface area contributed by atoms with Crippen LogP contribution in [0.3, 0.4) is 0 Å².